The molecule has 0 amide bonds. The van der Waals surface area contributed by atoms with Gasteiger partial charge in [0.25, 0.3) is 0 Å². The highest BCUT2D eigenvalue weighted by Crippen LogP contribution is 2.26. The Hall–Kier alpha value is -0.0800. The zero-order valence-electron chi connectivity index (χ0n) is 9.34. The molecule has 2 unspecified atom stereocenters. The summed E-state index contributed by atoms with van der Waals surface area (Å²) in [5.74, 6) is 1.38. The molecule has 1 N–H and O–H groups in total. The Bertz CT molecular complexity index is 145. The Balaban J connectivity index is 2.31. The molecule has 2 heteroatoms. The minimum absolute atomic E-state index is 0.478. The summed E-state index contributed by atoms with van der Waals surface area (Å²) in [6.45, 7) is 10.9. The van der Waals surface area contributed by atoms with Crippen molar-refractivity contribution in [1.29, 1.82) is 0 Å². The number of rotatable bonds is 4. The summed E-state index contributed by atoms with van der Waals surface area (Å²) in [5.41, 5.74) is 0. The summed E-state index contributed by atoms with van der Waals surface area (Å²) in [6, 6.07) is 0.591. The third-order valence-electron chi connectivity index (χ3n) is 2.71. The Labute approximate surface area is 82.0 Å². The second-order valence-electron chi connectivity index (χ2n) is 4.69. The summed E-state index contributed by atoms with van der Waals surface area (Å²) in [5, 5.41) is 3.49. The molecule has 0 aromatic carbocycles. The standard InChI is InChI=1S/C11H23NO/c1-8(2)11-10(5-6-13-11)7-12-9(3)4/h8-12H,5-7H2,1-4H3. The fourth-order valence-electron chi connectivity index (χ4n) is 2.00. The van der Waals surface area contributed by atoms with Crippen molar-refractivity contribution in [2.24, 2.45) is 11.8 Å². The van der Waals surface area contributed by atoms with Crippen molar-refractivity contribution in [3.63, 3.8) is 0 Å². The van der Waals surface area contributed by atoms with Gasteiger partial charge in [0.2, 0.25) is 0 Å². The minimum Gasteiger partial charge on any atom is -0.378 e. The van der Waals surface area contributed by atoms with Crippen LogP contribution in [0.1, 0.15) is 34.1 Å². The fraction of sp³-hybridized carbons (Fsp3) is 1.00. The van der Waals surface area contributed by atoms with Gasteiger partial charge in [-0.05, 0) is 18.3 Å². The quantitative estimate of drug-likeness (QED) is 0.723. The molecule has 0 radical (unpaired) electrons. The lowest BCUT2D eigenvalue weighted by molar-refractivity contribution is 0.0536. The second kappa shape index (κ2) is 4.97. The van der Waals surface area contributed by atoms with E-state index in [-0.39, 0.29) is 0 Å². The lowest BCUT2D eigenvalue weighted by Gasteiger charge is -2.23. The van der Waals surface area contributed by atoms with E-state index >= 15 is 0 Å². The third-order valence-corrected chi connectivity index (χ3v) is 2.71. The van der Waals surface area contributed by atoms with Gasteiger partial charge in [0.05, 0.1) is 6.10 Å². The molecule has 0 aliphatic carbocycles. The molecule has 1 saturated heterocycles. The molecule has 2 atom stereocenters. The average Bonchev–Trinajstić information content (AvgIpc) is 2.47. The van der Waals surface area contributed by atoms with Crippen LogP contribution < -0.4 is 5.32 Å². The Morgan fingerprint density at radius 1 is 1.31 bits per heavy atom. The van der Waals surface area contributed by atoms with Crippen molar-refractivity contribution < 1.29 is 4.74 Å². The molecule has 1 fully saturated rings. The summed E-state index contributed by atoms with van der Waals surface area (Å²) in [6.07, 6.45) is 1.70. The van der Waals surface area contributed by atoms with Crippen LogP contribution in [0.2, 0.25) is 0 Å². The first-order valence-electron chi connectivity index (χ1n) is 5.46. The van der Waals surface area contributed by atoms with Crippen LogP contribution in [-0.2, 0) is 4.74 Å². The zero-order chi connectivity index (χ0) is 9.84. The molecule has 0 saturated carbocycles. The van der Waals surface area contributed by atoms with Crippen LogP contribution in [0, 0.1) is 11.8 Å². The van der Waals surface area contributed by atoms with E-state index in [0.29, 0.717) is 18.1 Å². The van der Waals surface area contributed by atoms with Crippen LogP contribution in [0.15, 0.2) is 0 Å². The summed E-state index contributed by atoms with van der Waals surface area (Å²) >= 11 is 0. The van der Waals surface area contributed by atoms with Crippen molar-refractivity contribution in [1.82, 2.24) is 5.32 Å². The molecule has 1 rings (SSSR count). The van der Waals surface area contributed by atoms with Gasteiger partial charge in [0.1, 0.15) is 0 Å². The van der Waals surface area contributed by atoms with E-state index in [2.05, 4.69) is 33.0 Å². The lowest BCUT2D eigenvalue weighted by atomic mass is 9.93. The van der Waals surface area contributed by atoms with Gasteiger partial charge in [0.15, 0.2) is 0 Å². The average molecular weight is 185 g/mol. The van der Waals surface area contributed by atoms with Crippen LogP contribution in [0.25, 0.3) is 0 Å². The molecule has 78 valence electrons. The van der Waals surface area contributed by atoms with Gasteiger partial charge < -0.3 is 10.1 Å². The van der Waals surface area contributed by atoms with Crippen LogP contribution in [-0.4, -0.2) is 25.3 Å². The van der Waals surface area contributed by atoms with Gasteiger partial charge in [0, 0.05) is 19.2 Å². The van der Waals surface area contributed by atoms with Crippen molar-refractivity contribution in [2.45, 2.75) is 46.3 Å². The molecule has 0 bridgehead atoms. The lowest BCUT2D eigenvalue weighted by Crippen LogP contribution is -2.34. The predicted molar refractivity (Wildman–Crippen MR) is 55.8 cm³/mol. The molecular weight excluding hydrogens is 162 g/mol. The smallest absolute Gasteiger partial charge is 0.0639 e. The topological polar surface area (TPSA) is 21.3 Å². The van der Waals surface area contributed by atoms with E-state index in [1.807, 2.05) is 0 Å². The summed E-state index contributed by atoms with van der Waals surface area (Å²) < 4.78 is 5.72. The maximum Gasteiger partial charge on any atom is 0.0639 e. The van der Waals surface area contributed by atoms with Gasteiger partial charge in [-0.2, -0.15) is 0 Å². The summed E-state index contributed by atoms with van der Waals surface area (Å²) in [7, 11) is 0. The van der Waals surface area contributed by atoms with Crippen molar-refractivity contribution >= 4 is 0 Å². The monoisotopic (exact) mass is 185 g/mol. The first kappa shape index (κ1) is 11.0. The van der Waals surface area contributed by atoms with Gasteiger partial charge in [-0.3, -0.25) is 0 Å². The van der Waals surface area contributed by atoms with E-state index in [0.717, 1.165) is 19.1 Å². The molecule has 2 nitrogen and oxygen atoms in total. The molecular formula is C11H23NO. The Morgan fingerprint density at radius 2 is 2.00 bits per heavy atom. The highest BCUT2D eigenvalue weighted by molar-refractivity contribution is 4.80. The normalized spacial score (nSPS) is 29.1. The Kier molecular flexibility index (Phi) is 4.20. The van der Waals surface area contributed by atoms with Gasteiger partial charge in [-0.25, -0.2) is 0 Å². The van der Waals surface area contributed by atoms with Gasteiger partial charge in [-0.1, -0.05) is 27.7 Å². The van der Waals surface area contributed by atoms with Crippen LogP contribution in [0.5, 0.6) is 0 Å². The largest absolute Gasteiger partial charge is 0.378 e. The molecule has 1 aliphatic rings. The highest BCUT2D eigenvalue weighted by Gasteiger charge is 2.30. The molecule has 0 aromatic heterocycles. The van der Waals surface area contributed by atoms with E-state index in [9.17, 15) is 0 Å². The number of hydrogen-bond acceptors (Lipinski definition) is 2. The molecule has 1 heterocycles. The highest BCUT2D eigenvalue weighted by atomic mass is 16.5. The van der Waals surface area contributed by atoms with E-state index in [1.54, 1.807) is 0 Å². The molecule has 1 aliphatic heterocycles. The first-order chi connectivity index (χ1) is 6.11. The maximum atomic E-state index is 5.72. The second-order valence-corrected chi connectivity index (χ2v) is 4.69. The maximum absolute atomic E-state index is 5.72. The van der Waals surface area contributed by atoms with E-state index in [4.69, 9.17) is 4.74 Å². The number of ether oxygens (including phenoxy) is 1. The number of hydrogen-bond donors (Lipinski definition) is 1. The first-order valence-corrected chi connectivity index (χ1v) is 5.46. The summed E-state index contributed by atoms with van der Waals surface area (Å²) in [4.78, 5) is 0. The van der Waals surface area contributed by atoms with Crippen LogP contribution >= 0.6 is 0 Å². The zero-order valence-corrected chi connectivity index (χ0v) is 9.34. The third kappa shape index (κ3) is 3.28. The SMILES string of the molecule is CC(C)NCC1CCOC1C(C)C. The molecule has 0 aromatic rings. The van der Waals surface area contributed by atoms with Crippen molar-refractivity contribution in [2.75, 3.05) is 13.2 Å². The minimum atomic E-state index is 0.478. The molecule has 13 heavy (non-hydrogen) atoms. The van der Waals surface area contributed by atoms with E-state index < -0.39 is 0 Å². The molecule has 0 spiro atoms. The fourth-order valence-corrected chi connectivity index (χ4v) is 2.00. The van der Waals surface area contributed by atoms with E-state index in [1.165, 1.54) is 6.42 Å². The van der Waals surface area contributed by atoms with Crippen molar-refractivity contribution in [3.05, 3.63) is 0 Å². The van der Waals surface area contributed by atoms with Crippen molar-refractivity contribution in [3.8, 4) is 0 Å². The van der Waals surface area contributed by atoms with Crippen LogP contribution in [0.4, 0.5) is 0 Å². The Morgan fingerprint density at radius 3 is 2.54 bits per heavy atom. The van der Waals surface area contributed by atoms with Crippen LogP contribution in [0.3, 0.4) is 0 Å². The van der Waals surface area contributed by atoms with Gasteiger partial charge >= 0.3 is 0 Å². The van der Waals surface area contributed by atoms with Gasteiger partial charge in [-0.15, -0.1) is 0 Å². The number of nitrogens with one attached hydrogen (secondary N) is 1. The predicted octanol–water partition coefficient (Wildman–Crippen LogP) is 2.05.